The van der Waals surface area contributed by atoms with Crippen LogP contribution in [0.5, 0.6) is 0 Å². The highest BCUT2D eigenvalue weighted by molar-refractivity contribution is 5.31. The number of nitrogens with one attached hydrogen (secondary N) is 1. The number of rotatable bonds is 5. The van der Waals surface area contributed by atoms with E-state index in [4.69, 9.17) is 0 Å². The topological polar surface area (TPSA) is 12.0 Å². The molecule has 0 saturated carbocycles. The van der Waals surface area contributed by atoms with Crippen molar-refractivity contribution in [1.82, 2.24) is 5.32 Å². The Morgan fingerprint density at radius 2 is 1.80 bits per heavy atom. The van der Waals surface area contributed by atoms with E-state index in [9.17, 15) is 4.39 Å². The molecule has 0 amide bonds. The summed E-state index contributed by atoms with van der Waals surface area (Å²) in [6, 6.07) is 14.0. The second kappa shape index (κ2) is 6.67. The lowest BCUT2D eigenvalue weighted by Crippen LogP contribution is -2.23. The fraction of sp³-hybridized carbons (Fsp3) is 0.333. The third-order valence-corrected chi connectivity index (χ3v) is 3.72. The van der Waals surface area contributed by atoms with Gasteiger partial charge in [-0.25, -0.2) is 4.39 Å². The maximum Gasteiger partial charge on any atom is 0.126 e. The van der Waals surface area contributed by atoms with Gasteiger partial charge in [-0.2, -0.15) is 0 Å². The van der Waals surface area contributed by atoms with Crippen LogP contribution in [0.1, 0.15) is 35.2 Å². The fourth-order valence-electron chi connectivity index (χ4n) is 2.50. The first-order valence-corrected chi connectivity index (χ1v) is 7.15. The zero-order valence-corrected chi connectivity index (χ0v) is 12.4. The molecular weight excluding hydrogens is 249 g/mol. The van der Waals surface area contributed by atoms with E-state index in [1.54, 1.807) is 6.07 Å². The average Bonchev–Trinajstić information content (AvgIpc) is 2.44. The molecule has 2 aromatic carbocycles. The summed E-state index contributed by atoms with van der Waals surface area (Å²) in [5, 5.41) is 3.50. The largest absolute Gasteiger partial charge is 0.310 e. The van der Waals surface area contributed by atoms with Gasteiger partial charge in [0.1, 0.15) is 5.82 Å². The Morgan fingerprint density at radius 1 is 1.05 bits per heavy atom. The first kappa shape index (κ1) is 14.7. The molecule has 0 aliphatic carbocycles. The maximum absolute atomic E-state index is 13.4. The van der Waals surface area contributed by atoms with Crippen LogP contribution in [0.2, 0.25) is 0 Å². The fourth-order valence-corrected chi connectivity index (χ4v) is 2.50. The van der Waals surface area contributed by atoms with Crippen LogP contribution in [0.15, 0.2) is 42.5 Å². The Hall–Kier alpha value is -1.67. The number of hydrogen-bond donors (Lipinski definition) is 1. The quantitative estimate of drug-likeness (QED) is 0.853. The summed E-state index contributed by atoms with van der Waals surface area (Å²) in [4.78, 5) is 0. The number of benzene rings is 2. The minimum absolute atomic E-state index is 0.139. The van der Waals surface area contributed by atoms with Crippen molar-refractivity contribution in [2.75, 3.05) is 6.54 Å². The Balaban J connectivity index is 2.27. The zero-order chi connectivity index (χ0) is 14.5. The first-order chi connectivity index (χ1) is 9.61. The van der Waals surface area contributed by atoms with E-state index in [1.807, 2.05) is 19.1 Å². The van der Waals surface area contributed by atoms with Crippen LogP contribution in [0.3, 0.4) is 0 Å². The summed E-state index contributed by atoms with van der Waals surface area (Å²) in [5.74, 6) is -0.139. The van der Waals surface area contributed by atoms with E-state index in [1.165, 1.54) is 11.1 Å². The predicted molar refractivity (Wildman–Crippen MR) is 82.4 cm³/mol. The highest BCUT2D eigenvalue weighted by atomic mass is 19.1. The van der Waals surface area contributed by atoms with Gasteiger partial charge >= 0.3 is 0 Å². The third-order valence-electron chi connectivity index (χ3n) is 3.72. The summed E-state index contributed by atoms with van der Waals surface area (Å²) < 4.78 is 13.4. The molecule has 0 radical (unpaired) electrons. The second-order valence-electron chi connectivity index (χ2n) is 5.25. The Kier molecular flexibility index (Phi) is 4.91. The lowest BCUT2D eigenvalue weighted by molar-refractivity contribution is 0.545. The van der Waals surface area contributed by atoms with Gasteiger partial charge in [0.15, 0.2) is 0 Å². The van der Waals surface area contributed by atoms with Gasteiger partial charge in [0.25, 0.3) is 0 Å². The predicted octanol–water partition coefficient (Wildman–Crippen LogP) is 4.34. The summed E-state index contributed by atoms with van der Waals surface area (Å²) in [6.07, 6.45) is 0.922. The summed E-state index contributed by atoms with van der Waals surface area (Å²) in [6.45, 7) is 6.94. The molecule has 2 heteroatoms. The molecule has 20 heavy (non-hydrogen) atoms. The molecule has 1 unspecified atom stereocenters. The summed E-state index contributed by atoms with van der Waals surface area (Å²) >= 11 is 0. The van der Waals surface area contributed by atoms with Gasteiger partial charge in [-0.05, 0) is 55.1 Å². The number of halogens is 1. The van der Waals surface area contributed by atoms with E-state index in [2.05, 4.69) is 43.4 Å². The van der Waals surface area contributed by atoms with E-state index in [-0.39, 0.29) is 11.9 Å². The van der Waals surface area contributed by atoms with Crippen LogP contribution in [-0.2, 0) is 6.42 Å². The lowest BCUT2D eigenvalue weighted by atomic mass is 9.95. The minimum Gasteiger partial charge on any atom is -0.310 e. The summed E-state index contributed by atoms with van der Waals surface area (Å²) in [5.41, 5.74) is 4.49. The van der Waals surface area contributed by atoms with Crippen molar-refractivity contribution in [2.45, 2.75) is 33.2 Å². The SMILES string of the molecule is CCNC(Cc1ccccc1C)c1ccc(F)c(C)c1. The van der Waals surface area contributed by atoms with Crippen molar-refractivity contribution in [3.63, 3.8) is 0 Å². The molecule has 0 fully saturated rings. The summed E-state index contributed by atoms with van der Waals surface area (Å²) in [7, 11) is 0. The van der Waals surface area contributed by atoms with Crippen molar-refractivity contribution < 1.29 is 4.39 Å². The molecule has 0 aliphatic heterocycles. The third kappa shape index (κ3) is 3.45. The van der Waals surface area contributed by atoms with Gasteiger partial charge in [-0.3, -0.25) is 0 Å². The second-order valence-corrected chi connectivity index (χ2v) is 5.25. The molecular formula is C18H22FN. The van der Waals surface area contributed by atoms with Gasteiger partial charge in [0.05, 0.1) is 0 Å². The number of hydrogen-bond acceptors (Lipinski definition) is 1. The maximum atomic E-state index is 13.4. The van der Waals surface area contributed by atoms with Gasteiger partial charge in [-0.1, -0.05) is 43.3 Å². The van der Waals surface area contributed by atoms with E-state index < -0.39 is 0 Å². The van der Waals surface area contributed by atoms with Crippen molar-refractivity contribution in [2.24, 2.45) is 0 Å². The van der Waals surface area contributed by atoms with Gasteiger partial charge in [0.2, 0.25) is 0 Å². The van der Waals surface area contributed by atoms with E-state index >= 15 is 0 Å². The van der Waals surface area contributed by atoms with Crippen molar-refractivity contribution in [3.8, 4) is 0 Å². The van der Waals surface area contributed by atoms with Crippen molar-refractivity contribution in [1.29, 1.82) is 0 Å². The number of aryl methyl sites for hydroxylation is 2. The van der Waals surface area contributed by atoms with Gasteiger partial charge in [0, 0.05) is 6.04 Å². The van der Waals surface area contributed by atoms with Gasteiger partial charge < -0.3 is 5.32 Å². The molecule has 106 valence electrons. The van der Waals surface area contributed by atoms with E-state index in [0.717, 1.165) is 18.5 Å². The van der Waals surface area contributed by atoms with Gasteiger partial charge in [-0.15, -0.1) is 0 Å². The highest BCUT2D eigenvalue weighted by Gasteiger charge is 2.13. The smallest absolute Gasteiger partial charge is 0.126 e. The van der Waals surface area contributed by atoms with Crippen molar-refractivity contribution in [3.05, 3.63) is 70.5 Å². The highest BCUT2D eigenvalue weighted by Crippen LogP contribution is 2.22. The van der Waals surface area contributed by atoms with E-state index in [0.29, 0.717) is 5.56 Å². The molecule has 1 nitrogen and oxygen atoms in total. The molecule has 0 bridgehead atoms. The van der Waals surface area contributed by atoms with Crippen LogP contribution < -0.4 is 5.32 Å². The van der Waals surface area contributed by atoms with Crippen LogP contribution in [0.4, 0.5) is 4.39 Å². The lowest BCUT2D eigenvalue weighted by Gasteiger charge is -2.20. The van der Waals surface area contributed by atoms with Crippen LogP contribution >= 0.6 is 0 Å². The molecule has 0 spiro atoms. The Labute approximate surface area is 120 Å². The minimum atomic E-state index is -0.139. The molecule has 0 aliphatic rings. The molecule has 2 aromatic rings. The molecule has 2 rings (SSSR count). The normalized spacial score (nSPS) is 12.4. The molecule has 0 aromatic heterocycles. The zero-order valence-electron chi connectivity index (χ0n) is 12.4. The molecule has 0 saturated heterocycles. The standard InChI is InChI=1S/C18H22FN/c1-4-20-18(12-15-8-6-5-7-13(15)2)16-9-10-17(19)14(3)11-16/h5-11,18,20H,4,12H2,1-3H3. The Bertz CT molecular complexity index is 577. The monoisotopic (exact) mass is 271 g/mol. The molecule has 1 atom stereocenters. The van der Waals surface area contributed by atoms with Crippen LogP contribution in [-0.4, -0.2) is 6.54 Å². The van der Waals surface area contributed by atoms with Crippen LogP contribution in [0.25, 0.3) is 0 Å². The Morgan fingerprint density at radius 3 is 2.45 bits per heavy atom. The number of likely N-dealkylation sites (N-methyl/N-ethyl adjacent to an activating group) is 1. The molecule has 1 N–H and O–H groups in total. The molecule has 0 heterocycles. The average molecular weight is 271 g/mol. The van der Waals surface area contributed by atoms with Crippen molar-refractivity contribution >= 4 is 0 Å². The first-order valence-electron chi connectivity index (χ1n) is 7.15. The van der Waals surface area contributed by atoms with Crippen LogP contribution in [0, 0.1) is 19.7 Å².